The SMILES string of the molecule is CCCC(CCN)CCCN(CC)C1CCCCC1. The Hall–Kier alpha value is -0.0800. The van der Waals surface area contributed by atoms with E-state index in [9.17, 15) is 0 Å². The van der Waals surface area contributed by atoms with Crippen LogP contribution in [0.5, 0.6) is 0 Å². The van der Waals surface area contributed by atoms with E-state index in [0.717, 1.165) is 18.5 Å². The molecule has 0 spiro atoms. The maximum atomic E-state index is 5.72. The first-order valence-corrected chi connectivity index (χ1v) is 8.75. The smallest absolute Gasteiger partial charge is 0.00951 e. The zero-order chi connectivity index (χ0) is 13.9. The Labute approximate surface area is 121 Å². The van der Waals surface area contributed by atoms with Gasteiger partial charge in [0.25, 0.3) is 0 Å². The van der Waals surface area contributed by atoms with E-state index in [-0.39, 0.29) is 0 Å². The lowest BCUT2D eigenvalue weighted by atomic mass is 9.92. The minimum Gasteiger partial charge on any atom is -0.330 e. The predicted molar refractivity (Wildman–Crippen MR) is 85.4 cm³/mol. The largest absolute Gasteiger partial charge is 0.330 e. The molecule has 0 aromatic rings. The van der Waals surface area contributed by atoms with E-state index < -0.39 is 0 Å². The molecule has 1 fully saturated rings. The van der Waals surface area contributed by atoms with Crippen molar-refractivity contribution in [3.8, 4) is 0 Å². The third kappa shape index (κ3) is 6.76. The van der Waals surface area contributed by atoms with E-state index in [1.54, 1.807) is 0 Å². The zero-order valence-corrected chi connectivity index (χ0v) is 13.4. The highest BCUT2D eigenvalue weighted by Gasteiger charge is 2.19. The van der Waals surface area contributed by atoms with Crippen molar-refractivity contribution in [1.29, 1.82) is 0 Å². The molecule has 2 heteroatoms. The molecular weight excluding hydrogens is 232 g/mol. The molecule has 19 heavy (non-hydrogen) atoms. The van der Waals surface area contributed by atoms with E-state index in [2.05, 4.69) is 18.7 Å². The van der Waals surface area contributed by atoms with Crippen LogP contribution in [0.2, 0.25) is 0 Å². The summed E-state index contributed by atoms with van der Waals surface area (Å²) in [5.74, 6) is 0.875. The lowest BCUT2D eigenvalue weighted by Gasteiger charge is -2.33. The second-order valence-corrected chi connectivity index (χ2v) is 6.29. The molecule has 0 aromatic heterocycles. The van der Waals surface area contributed by atoms with Gasteiger partial charge in [-0.3, -0.25) is 0 Å². The molecule has 0 aliphatic heterocycles. The van der Waals surface area contributed by atoms with E-state index >= 15 is 0 Å². The molecule has 0 amide bonds. The van der Waals surface area contributed by atoms with Gasteiger partial charge in [-0.05, 0) is 57.7 Å². The Kier molecular flexibility index (Phi) is 9.54. The van der Waals surface area contributed by atoms with Crippen LogP contribution in [0.4, 0.5) is 0 Å². The summed E-state index contributed by atoms with van der Waals surface area (Å²) in [7, 11) is 0. The van der Waals surface area contributed by atoms with Gasteiger partial charge < -0.3 is 10.6 Å². The Bertz CT molecular complexity index is 193. The van der Waals surface area contributed by atoms with Crippen LogP contribution in [-0.2, 0) is 0 Å². The number of rotatable bonds is 10. The highest BCUT2D eigenvalue weighted by Crippen LogP contribution is 2.23. The summed E-state index contributed by atoms with van der Waals surface area (Å²) in [6, 6.07) is 0.887. The first-order chi connectivity index (χ1) is 9.31. The van der Waals surface area contributed by atoms with Crippen LogP contribution in [0.1, 0.15) is 78.1 Å². The van der Waals surface area contributed by atoms with Gasteiger partial charge in [0.2, 0.25) is 0 Å². The van der Waals surface area contributed by atoms with Gasteiger partial charge in [-0.15, -0.1) is 0 Å². The summed E-state index contributed by atoms with van der Waals surface area (Å²) < 4.78 is 0. The molecule has 1 unspecified atom stereocenters. The number of nitrogens with zero attached hydrogens (tertiary/aromatic N) is 1. The average Bonchev–Trinajstić information content (AvgIpc) is 2.45. The van der Waals surface area contributed by atoms with Crippen LogP contribution < -0.4 is 5.73 Å². The van der Waals surface area contributed by atoms with Crippen molar-refractivity contribution in [3.63, 3.8) is 0 Å². The van der Waals surface area contributed by atoms with Crippen molar-refractivity contribution >= 4 is 0 Å². The van der Waals surface area contributed by atoms with Gasteiger partial charge in [0.05, 0.1) is 0 Å². The molecule has 0 saturated heterocycles. The molecule has 1 atom stereocenters. The maximum Gasteiger partial charge on any atom is 0.00951 e. The second-order valence-electron chi connectivity index (χ2n) is 6.29. The summed E-state index contributed by atoms with van der Waals surface area (Å²) in [5.41, 5.74) is 5.72. The van der Waals surface area contributed by atoms with Gasteiger partial charge in [-0.2, -0.15) is 0 Å². The van der Waals surface area contributed by atoms with Gasteiger partial charge >= 0.3 is 0 Å². The highest BCUT2D eigenvalue weighted by atomic mass is 15.1. The molecule has 1 aliphatic rings. The normalized spacial score (nSPS) is 18.9. The second kappa shape index (κ2) is 10.7. The first kappa shape index (κ1) is 17.0. The van der Waals surface area contributed by atoms with Crippen LogP contribution in [-0.4, -0.2) is 30.6 Å². The third-order valence-electron chi connectivity index (χ3n) is 4.83. The Balaban J connectivity index is 2.23. The highest BCUT2D eigenvalue weighted by molar-refractivity contribution is 4.75. The van der Waals surface area contributed by atoms with Crippen molar-refractivity contribution in [1.82, 2.24) is 4.90 Å². The fourth-order valence-corrected chi connectivity index (χ4v) is 3.71. The van der Waals surface area contributed by atoms with Crippen molar-refractivity contribution < 1.29 is 0 Å². The van der Waals surface area contributed by atoms with Crippen molar-refractivity contribution in [2.75, 3.05) is 19.6 Å². The van der Waals surface area contributed by atoms with E-state index in [0.29, 0.717) is 0 Å². The van der Waals surface area contributed by atoms with Gasteiger partial charge in [-0.1, -0.05) is 46.0 Å². The molecule has 1 saturated carbocycles. The zero-order valence-electron chi connectivity index (χ0n) is 13.4. The molecule has 2 N–H and O–H groups in total. The molecule has 0 aromatic carbocycles. The Morgan fingerprint density at radius 2 is 1.79 bits per heavy atom. The predicted octanol–water partition coefficient (Wildman–Crippen LogP) is 4.19. The fraction of sp³-hybridized carbons (Fsp3) is 1.00. The number of hydrogen-bond acceptors (Lipinski definition) is 2. The molecular formula is C17H36N2. The summed E-state index contributed by atoms with van der Waals surface area (Å²) in [6.45, 7) is 8.04. The van der Waals surface area contributed by atoms with Crippen LogP contribution in [0, 0.1) is 5.92 Å². The molecule has 0 bridgehead atoms. The Morgan fingerprint density at radius 3 is 2.37 bits per heavy atom. The van der Waals surface area contributed by atoms with Gasteiger partial charge in [0.15, 0.2) is 0 Å². The molecule has 2 nitrogen and oxygen atoms in total. The minimum atomic E-state index is 0.866. The van der Waals surface area contributed by atoms with Crippen LogP contribution in [0.25, 0.3) is 0 Å². The summed E-state index contributed by atoms with van der Waals surface area (Å²) >= 11 is 0. The lowest BCUT2D eigenvalue weighted by molar-refractivity contribution is 0.157. The van der Waals surface area contributed by atoms with Crippen LogP contribution in [0.15, 0.2) is 0 Å². The quantitative estimate of drug-likeness (QED) is 0.644. The fourth-order valence-electron chi connectivity index (χ4n) is 3.71. The van der Waals surface area contributed by atoms with Crippen molar-refractivity contribution in [2.24, 2.45) is 11.7 Å². The minimum absolute atomic E-state index is 0.866. The van der Waals surface area contributed by atoms with Gasteiger partial charge in [0.1, 0.15) is 0 Å². The van der Waals surface area contributed by atoms with Crippen LogP contribution >= 0.6 is 0 Å². The number of hydrogen-bond donors (Lipinski definition) is 1. The molecule has 1 aliphatic carbocycles. The number of nitrogens with two attached hydrogens (primary N) is 1. The summed E-state index contributed by atoms with van der Waals surface area (Å²) in [6.07, 6.45) is 13.9. The van der Waals surface area contributed by atoms with E-state index in [4.69, 9.17) is 5.73 Å². The van der Waals surface area contributed by atoms with Crippen LogP contribution in [0.3, 0.4) is 0 Å². The summed E-state index contributed by atoms with van der Waals surface area (Å²) in [4.78, 5) is 2.74. The van der Waals surface area contributed by atoms with E-state index in [1.165, 1.54) is 77.3 Å². The van der Waals surface area contributed by atoms with Crippen molar-refractivity contribution in [2.45, 2.75) is 84.1 Å². The third-order valence-corrected chi connectivity index (χ3v) is 4.83. The molecule has 0 radical (unpaired) electrons. The van der Waals surface area contributed by atoms with Crippen molar-refractivity contribution in [3.05, 3.63) is 0 Å². The molecule has 114 valence electrons. The first-order valence-electron chi connectivity index (χ1n) is 8.75. The van der Waals surface area contributed by atoms with Gasteiger partial charge in [-0.25, -0.2) is 0 Å². The molecule has 0 heterocycles. The monoisotopic (exact) mass is 268 g/mol. The Morgan fingerprint density at radius 1 is 1.05 bits per heavy atom. The molecule has 1 rings (SSSR count). The van der Waals surface area contributed by atoms with E-state index in [1.807, 2.05) is 0 Å². The van der Waals surface area contributed by atoms with Gasteiger partial charge in [0, 0.05) is 6.04 Å². The standard InChI is InChI=1S/C17H36N2/c1-3-9-16(13-14-18)10-8-15-19(4-2)17-11-6-5-7-12-17/h16-17H,3-15,18H2,1-2H3. The average molecular weight is 268 g/mol. The lowest BCUT2D eigenvalue weighted by Crippen LogP contribution is -2.37. The maximum absolute atomic E-state index is 5.72. The topological polar surface area (TPSA) is 29.3 Å². The summed E-state index contributed by atoms with van der Waals surface area (Å²) in [5, 5.41) is 0.